The Balaban J connectivity index is 1.57. The van der Waals surface area contributed by atoms with Crippen LogP contribution in [0.15, 0.2) is 79.1 Å². The van der Waals surface area contributed by atoms with Crippen LogP contribution in [0.4, 0.5) is 17.5 Å². The number of amides is 1. The highest BCUT2D eigenvalue weighted by Gasteiger charge is 2.20. The van der Waals surface area contributed by atoms with Gasteiger partial charge in [0.15, 0.2) is 5.69 Å². The van der Waals surface area contributed by atoms with Crippen molar-refractivity contribution in [3.63, 3.8) is 0 Å². The summed E-state index contributed by atoms with van der Waals surface area (Å²) in [6.45, 7) is 10.1. The lowest BCUT2D eigenvalue weighted by Crippen LogP contribution is -2.41. The fraction of sp³-hybridized carbons (Fsp3) is 0.214. The molecular formula is C28H29N7O2. The van der Waals surface area contributed by atoms with Crippen LogP contribution in [0.3, 0.4) is 0 Å². The molecule has 0 saturated heterocycles. The number of nitrogens with one attached hydrogen (secondary N) is 3. The lowest BCUT2D eigenvalue weighted by atomic mass is 10.0. The number of rotatable bonds is 11. The van der Waals surface area contributed by atoms with Crippen LogP contribution in [0, 0.1) is 6.57 Å². The maximum absolute atomic E-state index is 13.4. The fourth-order valence-corrected chi connectivity index (χ4v) is 3.75. The third-order valence-corrected chi connectivity index (χ3v) is 5.69. The largest absolute Gasteiger partial charge is 0.497 e. The summed E-state index contributed by atoms with van der Waals surface area (Å²) in [4.78, 5) is 26.0. The van der Waals surface area contributed by atoms with Crippen molar-refractivity contribution in [1.29, 1.82) is 0 Å². The minimum atomic E-state index is -0.599. The fourth-order valence-electron chi connectivity index (χ4n) is 3.75. The van der Waals surface area contributed by atoms with Crippen molar-refractivity contribution in [3.05, 3.63) is 102 Å². The van der Waals surface area contributed by atoms with Crippen LogP contribution in [-0.2, 0) is 17.8 Å². The van der Waals surface area contributed by atoms with E-state index in [9.17, 15) is 4.79 Å². The van der Waals surface area contributed by atoms with Crippen molar-refractivity contribution < 1.29 is 9.53 Å². The van der Waals surface area contributed by atoms with Gasteiger partial charge in [0.1, 0.15) is 23.4 Å². The second kappa shape index (κ2) is 12.2. The summed E-state index contributed by atoms with van der Waals surface area (Å²) in [5.74, 6) is 2.27. The predicted octanol–water partition coefficient (Wildman–Crippen LogP) is 4.60. The first kappa shape index (κ1) is 25.3. The maximum atomic E-state index is 13.4. The average molecular weight is 496 g/mol. The molecule has 2 aromatic carbocycles. The van der Waals surface area contributed by atoms with Crippen LogP contribution in [0.5, 0.6) is 5.75 Å². The molecule has 188 valence electrons. The predicted molar refractivity (Wildman–Crippen MR) is 144 cm³/mol. The first-order chi connectivity index (χ1) is 18.1. The summed E-state index contributed by atoms with van der Waals surface area (Å²) in [6, 6.07) is 19.9. The van der Waals surface area contributed by atoms with E-state index in [2.05, 4.69) is 30.8 Å². The second-order valence-electron chi connectivity index (χ2n) is 8.30. The van der Waals surface area contributed by atoms with E-state index in [0.717, 1.165) is 16.9 Å². The van der Waals surface area contributed by atoms with Gasteiger partial charge in [-0.25, -0.2) is 4.85 Å². The van der Waals surface area contributed by atoms with E-state index >= 15 is 0 Å². The zero-order chi connectivity index (χ0) is 26.0. The van der Waals surface area contributed by atoms with E-state index in [1.165, 1.54) is 0 Å². The zero-order valence-electron chi connectivity index (χ0n) is 20.8. The van der Waals surface area contributed by atoms with E-state index in [0.29, 0.717) is 42.8 Å². The highest BCUT2D eigenvalue weighted by Crippen LogP contribution is 2.18. The molecule has 37 heavy (non-hydrogen) atoms. The maximum Gasteiger partial charge on any atom is 0.243 e. The summed E-state index contributed by atoms with van der Waals surface area (Å²) >= 11 is 0. The Hall–Kier alpha value is -4.84. The number of anilines is 2. The van der Waals surface area contributed by atoms with Gasteiger partial charge in [0.05, 0.1) is 13.7 Å². The SMILES string of the molecule is [C-]#[N+]c1ccc(CNC(=O)C(Cc2ccc(OC)cc2)Nc2cc(-n3cccc3)nc(NCC)n2)cc1. The Morgan fingerprint density at radius 3 is 2.41 bits per heavy atom. The molecule has 3 N–H and O–H groups in total. The standard InChI is InChI=1S/C28H29N7O2/c1-4-30-28-33-25(18-26(34-28)35-15-5-6-16-35)32-24(17-20-9-13-23(37-3)14-10-20)27(36)31-19-21-7-11-22(29-2)12-8-21/h5-16,18,24H,4,17,19H2,1,3H3,(H,31,36)(H2,30,32,33,34). The Kier molecular flexibility index (Phi) is 8.34. The van der Waals surface area contributed by atoms with Crippen LogP contribution in [0.1, 0.15) is 18.1 Å². The highest BCUT2D eigenvalue weighted by molar-refractivity contribution is 5.84. The zero-order valence-corrected chi connectivity index (χ0v) is 20.8. The van der Waals surface area contributed by atoms with Gasteiger partial charge in [-0.3, -0.25) is 4.79 Å². The summed E-state index contributed by atoms with van der Waals surface area (Å²) in [5, 5.41) is 9.50. The Bertz CT molecular complexity index is 1350. The molecule has 0 aliphatic rings. The molecule has 0 aliphatic heterocycles. The number of nitrogens with zero attached hydrogens (tertiary/aromatic N) is 4. The number of benzene rings is 2. The Morgan fingerprint density at radius 2 is 1.76 bits per heavy atom. The van der Waals surface area contributed by atoms with Crippen molar-refractivity contribution in [2.24, 2.45) is 0 Å². The molecule has 4 rings (SSSR count). The first-order valence-electron chi connectivity index (χ1n) is 12.0. The van der Waals surface area contributed by atoms with E-state index in [-0.39, 0.29) is 5.91 Å². The lowest BCUT2D eigenvalue weighted by molar-refractivity contribution is -0.122. The number of hydrogen-bond acceptors (Lipinski definition) is 6. The van der Waals surface area contributed by atoms with E-state index < -0.39 is 6.04 Å². The summed E-state index contributed by atoms with van der Waals surface area (Å²) in [5.41, 5.74) is 2.45. The third kappa shape index (κ3) is 6.86. The molecular weight excluding hydrogens is 466 g/mol. The van der Waals surface area contributed by atoms with Gasteiger partial charge in [0.2, 0.25) is 11.9 Å². The molecule has 1 atom stereocenters. The molecule has 4 aromatic rings. The first-order valence-corrected chi connectivity index (χ1v) is 12.0. The van der Waals surface area contributed by atoms with E-state index in [1.54, 1.807) is 19.2 Å². The van der Waals surface area contributed by atoms with Gasteiger partial charge in [0, 0.05) is 38.0 Å². The molecule has 2 heterocycles. The van der Waals surface area contributed by atoms with Gasteiger partial charge in [0.25, 0.3) is 0 Å². The summed E-state index contributed by atoms with van der Waals surface area (Å²) < 4.78 is 7.15. The minimum Gasteiger partial charge on any atom is -0.497 e. The van der Waals surface area contributed by atoms with E-state index in [1.807, 2.05) is 78.5 Å². The molecule has 1 amide bonds. The molecule has 1 unspecified atom stereocenters. The van der Waals surface area contributed by atoms with E-state index in [4.69, 9.17) is 11.3 Å². The van der Waals surface area contributed by atoms with Gasteiger partial charge in [-0.2, -0.15) is 9.97 Å². The molecule has 0 aliphatic carbocycles. The molecule has 0 radical (unpaired) electrons. The van der Waals surface area contributed by atoms with Crippen LogP contribution in [-0.4, -0.2) is 40.1 Å². The van der Waals surface area contributed by atoms with Gasteiger partial charge in [-0.1, -0.05) is 36.4 Å². The van der Waals surface area contributed by atoms with Crippen LogP contribution >= 0.6 is 0 Å². The van der Waals surface area contributed by atoms with Crippen LogP contribution < -0.4 is 20.7 Å². The number of carbonyl (C=O) groups excluding carboxylic acids is 1. The molecule has 9 nitrogen and oxygen atoms in total. The molecule has 9 heteroatoms. The molecule has 0 fully saturated rings. The van der Waals surface area contributed by atoms with Gasteiger partial charge in [-0.05, 0) is 42.3 Å². The average Bonchev–Trinajstić information content (AvgIpc) is 3.47. The van der Waals surface area contributed by atoms with Crippen LogP contribution in [0.25, 0.3) is 10.7 Å². The van der Waals surface area contributed by atoms with Crippen molar-refractivity contribution in [1.82, 2.24) is 19.9 Å². The topological polar surface area (TPSA) is 97.5 Å². The molecule has 0 bridgehead atoms. The van der Waals surface area contributed by atoms with Crippen molar-refractivity contribution in [2.45, 2.75) is 25.9 Å². The number of ether oxygens (including phenoxy) is 1. The van der Waals surface area contributed by atoms with Crippen LogP contribution in [0.2, 0.25) is 0 Å². The number of hydrogen-bond donors (Lipinski definition) is 3. The van der Waals surface area contributed by atoms with Gasteiger partial charge in [-0.15, -0.1) is 0 Å². The van der Waals surface area contributed by atoms with Gasteiger partial charge >= 0.3 is 0 Å². The highest BCUT2D eigenvalue weighted by atomic mass is 16.5. The lowest BCUT2D eigenvalue weighted by Gasteiger charge is -2.20. The van der Waals surface area contributed by atoms with Crippen molar-refractivity contribution >= 4 is 23.4 Å². The quantitative estimate of drug-likeness (QED) is 0.263. The molecule has 0 saturated carbocycles. The minimum absolute atomic E-state index is 0.170. The van der Waals surface area contributed by atoms with Gasteiger partial charge < -0.3 is 25.3 Å². The van der Waals surface area contributed by atoms with Crippen molar-refractivity contribution in [3.8, 4) is 11.6 Å². The Labute approximate surface area is 216 Å². The Morgan fingerprint density at radius 1 is 1.05 bits per heavy atom. The summed E-state index contributed by atoms with van der Waals surface area (Å²) in [6.07, 6.45) is 4.25. The monoisotopic (exact) mass is 495 g/mol. The smallest absolute Gasteiger partial charge is 0.243 e. The number of methoxy groups -OCH3 is 1. The third-order valence-electron chi connectivity index (χ3n) is 5.69. The normalized spacial score (nSPS) is 11.3. The molecule has 2 aromatic heterocycles. The molecule has 0 spiro atoms. The van der Waals surface area contributed by atoms with Crippen molar-refractivity contribution in [2.75, 3.05) is 24.3 Å². The number of aromatic nitrogens is 3. The summed E-state index contributed by atoms with van der Waals surface area (Å²) in [7, 11) is 1.62. The second-order valence-corrected chi connectivity index (χ2v) is 8.30. The number of carbonyl (C=O) groups is 1.